The summed E-state index contributed by atoms with van der Waals surface area (Å²) in [7, 11) is 0. The van der Waals surface area contributed by atoms with Gasteiger partial charge in [0.05, 0.1) is 36.2 Å². The Morgan fingerprint density at radius 3 is 2.65 bits per heavy atom. The van der Waals surface area contributed by atoms with E-state index >= 15 is 0 Å². The number of alkyl halides is 3. The highest BCUT2D eigenvalue weighted by Gasteiger charge is 2.32. The topological polar surface area (TPSA) is 92.4 Å². The van der Waals surface area contributed by atoms with E-state index in [1.165, 1.54) is 6.07 Å². The summed E-state index contributed by atoms with van der Waals surface area (Å²) in [6.07, 6.45) is -2.11. The number of morpholine rings is 1. The molecule has 0 bridgehead atoms. The number of rotatable bonds is 5. The van der Waals surface area contributed by atoms with Crippen LogP contribution in [0.3, 0.4) is 0 Å². The van der Waals surface area contributed by atoms with Crippen molar-refractivity contribution in [2.75, 3.05) is 53.7 Å². The monoisotopic (exact) mass is 533 g/mol. The zero-order chi connectivity index (χ0) is 26.2. The molecule has 8 nitrogen and oxygen atoms in total. The quantitative estimate of drug-likeness (QED) is 0.360. The van der Waals surface area contributed by atoms with Gasteiger partial charge in [-0.3, -0.25) is 0 Å². The Morgan fingerprint density at radius 1 is 1.11 bits per heavy atom. The molecule has 5 rings (SSSR count). The van der Waals surface area contributed by atoms with E-state index in [1.54, 1.807) is 13.1 Å². The highest BCUT2D eigenvalue weighted by molar-refractivity contribution is 6.28. The summed E-state index contributed by atoms with van der Waals surface area (Å²) in [5.74, 6) is 1.33. The fourth-order valence-electron chi connectivity index (χ4n) is 4.75. The van der Waals surface area contributed by atoms with Crippen LogP contribution >= 0.6 is 11.6 Å². The maximum absolute atomic E-state index is 13.4. The molecule has 3 aromatic rings. The molecular weight excluding hydrogens is 507 g/mol. The molecule has 1 unspecified atom stereocenters. The standard InChI is InChI=1S/C25H27ClF3N7O/c1-15(16-11-17(25(27,28)29)13-18(30)12-16)32-22-19-14-36(6-4-20(19)33-24(26)34-22)23-21(3-2-5-31-23)35-7-9-37-10-8-35/h2-3,5,11-13,15H,4,6-10,14,30H2,1H3,(H,32,33,34). The summed E-state index contributed by atoms with van der Waals surface area (Å²) in [4.78, 5) is 17.9. The first-order chi connectivity index (χ1) is 17.7. The second kappa shape index (κ2) is 10.2. The van der Waals surface area contributed by atoms with Crippen molar-refractivity contribution in [2.24, 2.45) is 0 Å². The molecule has 0 spiro atoms. The Morgan fingerprint density at radius 2 is 1.89 bits per heavy atom. The van der Waals surface area contributed by atoms with Gasteiger partial charge in [0.15, 0.2) is 5.82 Å². The maximum Gasteiger partial charge on any atom is 0.416 e. The average molecular weight is 534 g/mol. The number of hydrogen-bond donors (Lipinski definition) is 2. The number of halogens is 4. The van der Waals surface area contributed by atoms with Crippen LogP contribution in [-0.2, 0) is 23.9 Å². The first-order valence-electron chi connectivity index (χ1n) is 12.0. The molecule has 12 heteroatoms. The average Bonchev–Trinajstić information content (AvgIpc) is 2.88. The molecule has 4 heterocycles. The van der Waals surface area contributed by atoms with E-state index in [4.69, 9.17) is 22.1 Å². The van der Waals surface area contributed by atoms with Gasteiger partial charge in [-0.15, -0.1) is 0 Å². The lowest BCUT2D eigenvalue weighted by atomic mass is 10.0. The lowest BCUT2D eigenvalue weighted by Crippen LogP contribution is -2.39. The van der Waals surface area contributed by atoms with Gasteiger partial charge in [0.2, 0.25) is 5.28 Å². The Kier molecular flexibility index (Phi) is 7.00. The highest BCUT2D eigenvalue weighted by Crippen LogP contribution is 2.36. The molecule has 196 valence electrons. The van der Waals surface area contributed by atoms with Crippen LogP contribution in [0.2, 0.25) is 5.28 Å². The minimum atomic E-state index is -4.50. The van der Waals surface area contributed by atoms with E-state index in [9.17, 15) is 13.2 Å². The van der Waals surface area contributed by atoms with Crippen LogP contribution in [-0.4, -0.2) is 47.8 Å². The van der Waals surface area contributed by atoms with Gasteiger partial charge in [-0.2, -0.15) is 13.2 Å². The minimum Gasteiger partial charge on any atom is -0.399 e. The molecule has 1 fully saturated rings. The SMILES string of the molecule is CC(Nc1nc(Cl)nc2c1CN(c1ncccc1N1CCOCC1)CC2)c1cc(N)cc(C(F)(F)F)c1. The van der Waals surface area contributed by atoms with E-state index in [0.717, 1.165) is 48.0 Å². The van der Waals surface area contributed by atoms with Crippen molar-refractivity contribution in [2.45, 2.75) is 32.1 Å². The summed E-state index contributed by atoms with van der Waals surface area (Å²) in [5.41, 5.74) is 8.09. The van der Waals surface area contributed by atoms with Gasteiger partial charge in [-0.05, 0) is 54.4 Å². The largest absolute Gasteiger partial charge is 0.416 e. The highest BCUT2D eigenvalue weighted by atomic mass is 35.5. The molecule has 2 aromatic heterocycles. The number of nitrogen functional groups attached to an aromatic ring is 1. The molecule has 0 amide bonds. The van der Waals surface area contributed by atoms with Gasteiger partial charge in [0.25, 0.3) is 0 Å². The normalized spacial score (nSPS) is 16.9. The number of pyridine rings is 1. The predicted molar refractivity (Wildman–Crippen MR) is 137 cm³/mol. The summed E-state index contributed by atoms with van der Waals surface area (Å²) in [6.45, 7) is 5.81. The van der Waals surface area contributed by atoms with Crippen LogP contribution in [0.5, 0.6) is 0 Å². The van der Waals surface area contributed by atoms with E-state index in [2.05, 4.69) is 36.1 Å². The first kappa shape index (κ1) is 25.3. The Hall–Kier alpha value is -3.31. The summed E-state index contributed by atoms with van der Waals surface area (Å²) < 4.78 is 45.6. The van der Waals surface area contributed by atoms with Crippen LogP contribution < -0.4 is 20.9 Å². The number of ether oxygens (including phenoxy) is 1. The lowest BCUT2D eigenvalue weighted by Gasteiger charge is -2.35. The number of nitrogens with zero attached hydrogens (tertiary/aromatic N) is 5. The van der Waals surface area contributed by atoms with Gasteiger partial charge in [-0.25, -0.2) is 15.0 Å². The molecule has 0 saturated carbocycles. The number of nitrogens with two attached hydrogens (primary N) is 1. The van der Waals surface area contributed by atoms with Crippen molar-refractivity contribution in [1.82, 2.24) is 15.0 Å². The first-order valence-corrected chi connectivity index (χ1v) is 12.4. The molecule has 1 atom stereocenters. The van der Waals surface area contributed by atoms with Crippen molar-refractivity contribution in [3.05, 3.63) is 64.2 Å². The number of benzene rings is 1. The van der Waals surface area contributed by atoms with Crippen molar-refractivity contribution >= 4 is 34.6 Å². The van der Waals surface area contributed by atoms with Crippen LogP contribution in [0.25, 0.3) is 0 Å². The molecule has 2 aliphatic rings. The third-order valence-electron chi connectivity index (χ3n) is 6.61. The molecule has 3 N–H and O–H groups in total. The van der Waals surface area contributed by atoms with Crippen molar-refractivity contribution in [3.8, 4) is 0 Å². The van der Waals surface area contributed by atoms with E-state index in [-0.39, 0.29) is 11.0 Å². The zero-order valence-corrected chi connectivity index (χ0v) is 21.0. The van der Waals surface area contributed by atoms with Crippen molar-refractivity contribution in [3.63, 3.8) is 0 Å². The fraction of sp³-hybridized carbons (Fsp3) is 0.400. The van der Waals surface area contributed by atoms with E-state index in [1.807, 2.05) is 6.07 Å². The molecule has 1 aromatic carbocycles. The van der Waals surface area contributed by atoms with Crippen LogP contribution in [0.1, 0.15) is 35.3 Å². The van der Waals surface area contributed by atoms with Crippen molar-refractivity contribution in [1.29, 1.82) is 0 Å². The third kappa shape index (κ3) is 5.52. The summed E-state index contributed by atoms with van der Waals surface area (Å²) >= 11 is 6.23. The van der Waals surface area contributed by atoms with Crippen LogP contribution in [0.4, 0.5) is 36.2 Å². The van der Waals surface area contributed by atoms with Crippen LogP contribution in [0, 0.1) is 0 Å². The second-order valence-corrected chi connectivity index (χ2v) is 9.47. The summed E-state index contributed by atoms with van der Waals surface area (Å²) in [5, 5.41) is 3.33. The molecular formula is C25H27ClF3N7O. The smallest absolute Gasteiger partial charge is 0.399 e. The second-order valence-electron chi connectivity index (χ2n) is 9.14. The minimum absolute atomic E-state index is 0.0400. The number of aromatic nitrogens is 3. The molecule has 0 radical (unpaired) electrons. The predicted octanol–water partition coefficient (Wildman–Crippen LogP) is 4.70. The summed E-state index contributed by atoms with van der Waals surface area (Å²) in [6, 6.07) is 7.00. The number of hydrogen-bond acceptors (Lipinski definition) is 8. The fourth-order valence-corrected chi connectivity index (χ4v) is 4.93. The Balaban J connectivity index is 1.44. The molecule has 1 saturated heterocycles. The van der Waals surface area contributed by atoms with Crippen molar-refractivity contribution < 1.29 is 17.9 Å². The Bertz CT molecular complexity index is 1280. The zero-order valence-electron chi connectivity index (χ0n) is 20.2. The lowest BCUT2D eigenvalue weighted by molar-refractivity contribution is -0.137. The number of fused-ring (bicyclic) bond motifs is 1. The van der Waals surface area contributed by atoms with Gasteiger partial charge in [0, 0.05) is 50.0 Å². The third-order valence-corrected chi connectivity index (χ3v) is 6.78. The van der Waals surface area contributed by atoms with Gasteiger partial charge < -0.3 is 25.6 Å². The van der Waals surface area contributed by atoms with Gasteiger partial charge in [0.1, 0.15) is 5.82 Å². The molecule has 0 aliphatic carbocycles. The maximum atomic E-state index is 13.4. The number of nitrogens with one attached hydrogen (secondary N) is 1. The van der Waals surface area contributed by atoms with Crippen LogP contribution in [0.15, 0.2) is 36.5 Å². The Labute approximate surface area is 217 Å². The van der Waals surface area contributed by atoms with Gasteiger partial charge in [-0.1, -0.05) is 0 Å². The van der Waals surface area contributed by atoms with Gasteiger partial charge >= 0.3 is 6.18 Å². The molecule has 2 aliphatic heterocycles. The number of anilines is 4. The van der Waals surface area contributed by atoms with E-state index in [0.29, 0.717) is 44.1 Å². The van der Waals surface area contributed by atoms with E-state index < -0.39 is 17.8 Å². The molecule has 37 heavy (non-hydrogen) atoms.